The maximum Gasteiger partial charge on any atom is 0.119 e. The summed E-state index contributed by atoms with van der Waals surface area (Å²) in [6.45, 7) is 0.857. The first kappa shape index (κ1) is 8.19. The van der Waals surface area contributed by atoms with Crippen LogP contribution in [0.3, 0.4) is 0 Å². The van der Waals surface area contributed by atoms with E-state index in [9.17, 15) is 0 Å². The quantitative estimate of drug-likeness (QED) is 0.636. The average molecular weight is 172 g/mol. The van der Waals surface area contributed by atoms with Gasteiger partial charge in [0.25, 0.3) is 0 Å². The lowest BCUT2D eigenvalue weighted by Gasteiger charge is -2.04. The van der Waals surface area contributed by atoms with Crippen LogP contribution in [0.2, 0.25) is 0 Å². The highest BCUT2D eigenvalue weighted by molar-refractivity contribution is 5.36. The lowest BCUT2D eigenvalue weighted by molar-refractivity contribution is 0.300. The summed E-state index contributed by atoms with van der Waals surface area (Å²) in [5.41, 5.74) is 0.902. The highest BCUT2D eigenvalue weighted by Crippen LogP contribution is 2.29. The predicted molar refractivity (Wildman–Crippen MR) is 52.6 cm³/mol. The molecule has 0 aliphatic heterocycles. The van der Waals surface area contributed by atoms with E-state index in [1.54, 1.807) is 0 Å². The van der Waals surface area contributed by atoms with Gasteiger partial charge in [-0.15, -0.1) is 6.42 Å². The van der Waals surface area contributed by atoms with Crippen LogP contribution in [0.25, 0.3) is 0 Å². The molecule has 0 radical (unpaired) electrons. The van der Waals surface area contributed by atoms with Gasteiger partial charge in [0.2, 0.25) is 0 Å². The van der Waals surface area contributed by atoms with E-state index in [1.165, 1.54) is 12.8 Å². The monoisotopic (exact) mass is 172 g/mol. The minimum atomic E-state index is 0.798. The maximum absolute atomic E-state index is 5.56. The molecule has 0 atom stereocenters. The van der Waals surface area contributed by atoms with Crippen LogP contribution in [-0.4, -0.2) is 6.61 Å². The topological polar surface area (TPSA) is 9.23 Å². The summed E-state index contributed by atoms with van der Waals surface area (Å²) in [6, 6.07) is 7.67. The fourth-order valence-electron chi connectivity index (χ4n) is 1.15. The lowest BCUT2D eigenvalue weighted by atomic mass is 10.2. The number of terminal acetylenes is 1. The molecule has 0 N–H and O–H groups in total. The Hall–Kier alpha value is -1.42. The molecule has 0 saturated heterocycles. The summed E-state index contributed by atoms with van der Waals surface area (Å²) in [6.07, 6.45) is 7.88. The van der Waals surface area contributed by atoms with Gasteiger partial charge in [-0.05, 0) is 43.0 Å². The second-order valence-corrected chi connectivity index (χ2v) is 3.42. The largest absolute Gasteiger partial charge is 0.493 e. The summed E-state index contributed by atoms with van der Waals surface area (Å²) in [5.74, 6) is 4.30. The summed E-state index contributed by atoms with van der Waals surface area (Å²) < 4.78 is 5.56. The van der Waals surface area contributed by atoms with Crippen LogP contribution in [0.1, 0.15) is 18.4 Å². The first-order valence-corrected chi connectivity index (χ1v) is 4.58. The van der Waals surface area contributed by atoms with E-state index < -0.39 is 0 Å². The van der Waals surface area contributed by atoms with Gasteiger partial charge in [-0.25, -0.2) is 0 Å². The number of ether oxygens (including phenoxy) is 1. The van der Waals surface area contributed by atoms with Crippen molar-refractivity contribution in [2.24, 2.45) is 5.92 Å². The summed E-state index contributed by atoms with van der Waals surface area (Å²) in [4.78, 5) is 0. The molecule has 0 amide bonds. The fraction of sp³-hybridized carbons (Fsp3) is 0.333. The molecule has 1 aromatic rings. The molecule has 1 heteroatoms. The van der Waals surface area contributed by atoms with Crippen LogP contribution < -0.4 is 4.74 Å². The second-order valence-electron chi connectivity index (χ2n) is 3.42. The lowest BCUT2D eigenvalue weighted by Crippen LogP contribution is -1.98. The number of hydrogen-bond donors (Lipinski definition) is 0. The van der Waals surface area contributed by atoms with E-state index in [0.29, 0.717) is 0 Å². The van der Waals surface area contributed by atoms with Crippen molar-refractivity contribution in [1.82, 2.24) is 0 Å². The van der Waals surface area contributed by atoms with Crippen molar-refractivity contribution in [3.63, 3.8) is 0 Å². The Kier molecular flexibility index (Phi) is 2.23. The van der Waals surface area contributed by atoms with Gasteiger partial charge in [0, 0.05) is 5.56 Å². The second kappa shape index (κ2) is 3.53. The summed E-state index contributed by atoms with van der Waals surface area (Å²) in [7, 11) is 0. The third kappa shape index (κ3) is 2.26. The first-order chi connectivity index (χ1) is 6.38. The van der Waals surface area contributed by atoms with Gasteiger partial charge in [-0.2, -0.15) is 0 Å². The molecular formula is C12H12O. The Morgan fingerprint density at radius 3 is 2.54 bits per heavy atom. The minimum absolute atomic E-state index is 0.798. The molecule has 1 aromatic carbocycles. The van der Waals surface area contributed by atoms with E-state index in [4.69, 9.17) is 11.2 Å². The molecule has 13 heavy (non-hydrogen) atoms. The summed E-state index contributed by atoms with van der Waals surface area (Å²) in [5, 5.41) is 0. The van der Waals surface area contributed by atoms with E-state index >= 15 is 0 Å². The molecule has 1 saturated carbocycles. The van der Waals surface area contributed by atoms with Crippen molar-refractivity contribution in [2.45, 2.75) is 12.8 Å². The van der Waals surface area contributed by atoms with Gasteiger partial charge in [-0.1, -0.05) is 5.92 Å². The minimum Gasteiger partial charge on any atom is -0.493 e. The van der Waals surface area contributed by atoms with E-state index in [1.807, 2.05) is 24.3 Å². The third-order valence-electron chi connectivity index (χ3n) is 2.20. The highest BCUT2D eigenvalue weighted by Gasteiger charge is 2.21. The first-order valence-electron chi connectivity index (χ1n) is 4.58. The number of rotatable bonds is 3. The molecule has 0 bridgehead atoms. The van der Waals surface area contributed by atoms with Gasteiger partial charge in [-0.3, -0.25) is 0 Å². The Morgan fingerprint density at radius 1 is 1.31 bits per heavy atom. The van der Waals surface area contributed by atoms with Gasteiger partial charge in [0.05, 0.1) is 6.61 Å². The van der Waals surface area contributed by atoms with Crippen LogP contribution in [0.5, 0.6) is 5.75 Å². The van der Waals surface area contributed by atoms with Crippen molar-refractivity contribution < 1.29 is 4.74 Å². The van der Waals surface area contributed by atoms with Crippen LogP contribution in [0.15, 0.2) is 24.3 Å². The van der Waals surface area contributed by atoms with Crippen molar-refractivity contribution >= 4 is 0 Å². The molecule has 1 fully saturated rings. The normalized spacial score (nSPS) is 15.0. The fourth-order valence-corrected chi connectivity index (χ4v) is 1.15. The smallest absolute Gasteiger partial charge is 0.119 e. The van der Waals surface area contributed by atoms with Crippen LogP contribution in [0.4, 0.5) is 0 Å². The van der Waals surface area contributed by atoms with Crippen molar-refractivity contribution in [3.05, 3.63) is 29.8 Å². The maximum atomic E-state index is 5.56. The molecule has 66 valence electrons. The third-order valence-corrected chi connectivity index (χ3v) is 2.20. The molecule has 0 heterocycles. The molecule has 1 aliphatic carbocycles. The molecule has 1 nitrogen and oxygen atoms in total. The molecule has 0 aromatic heterocycles. The van der Waals surface area contributed by atoms with E-state index in [-0.39, 0.29) is 0 Å². The predicted octanol–water partition coefficient (Wildman–Crippen LogP) is 2.46. The average Bonchev–Trinajstić information content (AvgIpc) is 2.99. The van der Waals surface area contributed by atoms with Crippen molar-refractivity contribution in [2.75, 3.05) is 6.61 Å². The van der Waals surface area contributed by atoms with Gasteiger partial charge in [0.1, 0.15) is 5.75 Å². The zero-order valence-corrected chi connectivity index (χ0v) is 7.49. The number of hydrogen-bond acceptors (Lipinski definition) is 1. The van der Waals surface area contributed by atoms with Gasteiger partial charge >= 0.3 is 0 Å². The molecule has 0 spiro atoms. The van der Waals surface area contributed by atoms with Crippen LogP contribution in [0, 0.1) is 18.3 Å². The Bertz CT molecular complexity index is 314. The van der Waals surface area contributed by atoms with Gasteiger partial charge < -0.3 is 4.74 Å². The SMILES string of the molecule is C#Cc1ccc(OCC2CC2)cc1. The van der Waals surface area contributed by atoms with Crippen LogP contribution in [-0.2, 0) is 0 Å². The number of benzene rings is 1. The molecule has 1 aliphatic rings. The molecule has 2 rings (SSSR count). The Morgan fingerprint density at radius 2 is 2.00 bits per heavy atom. The van der Waals surface area contributed by atoms with Crippen molar-refractivity contribution in [1.29, 1.82) is 0 Å². The highest BCUT2D eigenvalue weighted by atomic mass is 16.5. The zero-order valence-electron chi connectivity index (χ0n) is 7.49. The summed E-state index contributed by atoms with van der Waals surface area (Å²) >= 11 is 0. The van der Waals surface area contributed by atoms with Crippen LogP contribution >= 0.6 is 0 Å². The van der Waals surface area contributed by atoms with Gasteiger partial charge in [0.15, 0.2) is 0 Å². The van der Waals surface area contributed by atoms with E-state index in [2.05, 4.69) is 5.92 Å². The molecular weight excluding hydrogens is 160 g/mol. The van der Waals surface area contributed by atoms with E-state index in [0.717, 1.165) is 23.8 Å². The standard InChI is InChI=1S/C12H12O/c1-2-10-5-7-12(8-6-10)13-9-11-3-4-11/h1,5-8,11H,3-4,9H2. The zero-order chi connectivity index (χ0) is 9.10. The van der Waals surface area contributed by atoms with Crippen molar-refractivity contribution in [3.8, 4) is 18.1 Å². The Balaban J connectivity index is 1.93. The Labute approximate surface area is 78.7 Å². The molecule has 0 unspecified atom stereocenters.